The molecule has 0 radical (unpaired) electrons. The predicted octanol–water partition coefficient (Wildman–Crippen LogP) is 5.10. The number of benzene rings is 3. The number of thiophene rings is 1. The Morgan fingerprint density at radius 2 is 1.67 bits per heavy atom. The SMILES string of the molecule is CC(Oc1ccc(C([O-])c2ccc(OP)c(OO)c2OO)cc1)N(C)C.c1ccc2c3c(sc2c1)C3. The first-order valence-electron chi connectivity index (χ1n) is 11.1. The van der Waals surface area contributed by atoms with Gasteiger partial charge in [-0.2, -0.15) is 0 Å². The Hall–Kier alpha value is -2.91. The van der Waals surface area contributed by atoms with Crippen molar-refractivity contribution in [1.29, 1.82) is 0 Å². The van der Waals surface area contributed by atoms with Crippen molar-refractivity contribution in [2.24, 2.45) is 0 Å². The van der Waals surface area contributed by atoms with Gasteiger partial charge in [0, 0.05) is 16.0 Å². The second kappa shape index (κ2) is 11.4. The van der Waals surface area contributed by atoms with Crippen LogP contribution in [0, 0.1) is 0 Å². The molecule has 190 valence electrons. The van der Waals surface area contributed by atoms with Gasteiger partial charge in [-0.15, -0.1) is 11.3 Å². The summed E-state index contributed by atoms with van der Waals surface area (Å²) < 4.78 is 12.1. The van der Waals surface area contributed by atoms with Crippen LogP contribution >= 0.6 is 20.8 Å². The maximum Gasteiger partial charge on any atom is 0.253 e. The number of rotatable bonds is 8. The lowest BCUT2D eigenvalue weighted by molar-refractivity contribution is -0.412. The van der Waals surface area contributed by atoms with Crippen LogP contribution in [0.3, 0.4) is 0 Å². The molecule has 3 atom stereocenters. The van der Waals surface area contributed by atoms with Crippen molar-refractivity contribution in [3.8, 4) is 23.0 Å². The molecule has 0 saturated heterocycles. The monoisotopic (exact) mass is 528 g/mol. The molecule has 1 aliphatic carbocycles. The van der Waals surface area contributed by atoms with Crippen LogP contribution in [0.1, 0.15) is 34.6 Å². The Morgan fingerprint density at radius 1 is 0.972 bits per heavy atom. The highest BCUT2D eigenvalue weighted by atomic mass is 32.1. The van der Waals surface area contributed by atoms with E-state index in [-0.39, 0.29) is 29.0 Å². The minimum Gasteiger partial charge on any atom is -0.845 e. The third-order valence-corrected chi connectivity index (χ3v) is 7.38. The van der Waals surface area contributed by atoms with E-state index in [1.807, 2.05) is 46.7 Å². The largest absolute Gasteiger partial charge is 0.845 e. The van der Waals surface area contributed by atoms with Gasteiger partial charge in [0.25, 0.3) is 5.75 Å². The third kappa shape index (κ3) is 5.57. The lowest BCUT2D eigenvalue weighted by Crippen LogP contribution is -2.30. The number of nitrogens with zero attached hydrogens (tertiary/aromatic N) is 1. The number of ether oxygens (including phenoxy) is 1. The molecular formula is C26H27NO7PS-. The van der Waals surface area contributed by atoms with Gasteiger partial charge in [-0.1, -0.05) is 48.1 Å². The van der Waals surface area contributed by atoms with Crippen molar-refractivity contribution in [1.82, 2.24) is 4.90 Å². The average molecular weight is 529 g/mol. The molecule has 2 N–H and O–H groups in total. The number of hydrogen-bond donors (Lipinski definition) is 2. The zero-order chi connectivity index (χ0) is 25.8. The predicted molar refractivity (Wildman–Crippen MR) is 140 cm³/mol. The molecule has 4 aromatic rings. The van der Waals surface area contributed by atoms with Crippen LogP contribution in [-0.4, -0.2) is 35.7 Å². The van der Waals surface area contributed by atoms with Gasteiger partial charge in [0.05, 0.1) is 9.47 Å². The maximum atomic E-state index is 12.8. The molecule has 0 bridgehead atoms. The van der Waals surface area contributed by atoms with Gasteiger partial charge in [0.15, 0.2) is 5.75 Å². The van der Waals surface area contributed by atoms with Crippen molar-refractivity contribution in [3.63, 3.8) is 0 Å². The molecule has 0 spiro atoms. The molecule has 5 rings (SSSR count). The first-order chi connectivity index (χ1) is 17.4. The normalized spacial score (nSPS) is 13.3. The van der Waals surface area contributed by atoms with Crippen LogP contribution in [0.2, 0.25) is 0 Å². The van der Waals surface area contributed by atoms with Gasteiger partial charge in [-0.3, -0.25) is 4.90 Å². The molecule has 0 aliphatic heterocycles. The summed E-state index contributed by atoms with van der Waals surface area (Å²) in [5.74, 6) is 0.0560. The molecule has 36 heavy (non-hydrogen) atoms. The molecule has 1 aromatic heterocycles. The molecule has 8 nitrogen and oxygen atoms in total. The van der Waals surface area contributed by atoms with Crippen molar-refractivity contribution in [3.05, 3.63) is 82.2 Å². The van der Waals surface area contributed by atoms with Crippen molar-refractivity contribution >= 4 is 30.9 Å². The topological polar surface area (TPSA) is 104 Å². The van der Waals surface area contributed by atoms with Gasteiger partial charge >= 0.3 is 0 Å². The summed E-state index contributed by atoms with van der Waals surface area (Å²) in [5.41, 5.74) is 2.08. The van der Waals surface area contributed by atoms with Gasteiger partial charge in [0.1, 0.15) is 12.0 Å². The molecular weight excluding hydrogens is 501 g/mol. The van der Waals surface area contributed by atoms with E-state index in [4.69, 9.17) is 19.8 Å². The minimum absolute atomic E-state index is 0.0673. The lowest BCUT2D eigenvalue weighted by Gasteiger charge is -2.26. The second-order valence-electron chi connectivity index (χ2n) is 8.42. The first kappa shape index (κ1) is 26.2. The fraction of sp³-hybridized carbons (Fsp3) is 0.231. The summed E-state index contributed by atoms with van der Waals surface area (Å²) in [4.78, 5) is 11.9. The van der Waals surface area contributed by atoms with E-state index in [9.17, 15) is 5.11 Å². The molecule has 0 amide bonds. The zero-order valence-electron chi connectivity index (χ0n) is 20.0. The van der Waals surface area contributed by atoms with Gasteiger partial charge in [-0.05, 0) is 61.8 Å². The Balaban J connectivity index is 0.000000247. The Morgan fingerprint density at radius 3 is 2.28 bits per heavy atom. The minimum atomic E-state index is -1.40. The molecule has 1 heterocycles. The summed E-state index contributed by atoms with van der Waals surface area (Å²) in [6, 6.07) is 18.1. The van der Waals surface area contributed by atoms with Crippen molar-refractivity contribution in [2.45, 2.75) is 25.7 Å². The highest BCUT2D eigenvalue weighted by Gasteiger charge is 2.23. The standard InChI is InChI=1S/C17H21NO7P.C9H6S/c1-10(18(2)3)22-12-6-4-11(5-7-12)15(19)13-8-9-14(25-26)17(24-21)16(13)23-20;1-2-4-8-6(3-1)7-5-9(7)10-8/h4-10,15,20-21H,26H2,1-3H3;1-4H,5H2/q-1;. The van der Waals surface area contributed by atoms with Crippen LogP contribution in [0.4, 0.5) is 0 Å². The van der Waals surface area contributed by atoms with Gasteiger partial charge < -0.3 is 24.1 Å². The molecule has 10 heteroatoms. The van der Waals surface area contributed by atoms with E-state index >= 15 is 0 Å². The highest BCUT2D eigenvalue weighted by Crippen LogP contribution is 2.44. The maximum absolute atomic E-state index is 12.8. The fourth-order valence-corrected chi connectivity index (χ4v) is 4.99. The summed E-state index contributed by atoms with van der Waals surface area (Å²) in [7, 11) is 5.75. The quantitative estimate of drug-likeness (QED) is 0.124. The van der Waals surface area contributed by atoms with Crippen LogP contribution in [0.15, 0.2) is 60.7 Å². The molecule has 0 fully saturated rings. The fourth-order valence-electron chi connectivity index (χ4n) is 3.64. The van der Waals surface area contributed by atoms with E-state index in [0.717, 1.165) is 0 Å². The number of hydrogen-bond acceptors (Lipinski definition) is 9. The van der Waals surface area contributed by atoms with E-state index in [0.29, 0.717) is 11.3 Å². The van der Waals surface area contributed by atoms with E-state index < -0.39 is 6.10 Å². The van der Waals surface area contributed by atoms with E-state index in [1.165, 1.54) is 28.6 Å². The van der Waals surface area contributed by atoms with Crippen molar-refractivity contribution in [2.75, 3.05) is 14.1 Å². The third-order valence-electron chi connectivity index (χ3n) is 5.91. The summed E-state index contributed by atoms with van der Waals surface area (Å²) in [5, 5.41) is 32.4. The Kier molecular flexibility index (Phi) is 8.31. The Bertz CT molecular complexity index is 1330. The van der Waals surface area contributed by atoms with E-state index in [2.05, 4.69) is 34.0 Å². The summed E-state index contributed by atoms with van der Waals surface area (Å²) in [6.45, 7) is 1.90. The second-order valence-corrected chi connectivity index (χ2v) is 9.79. The molecule has 1 aliphatic rings. The zero-order valence-corrected chi connectivity index (χ0v) is 22.0. The highest BCUT2D eigenvalue weighted by molar-refractivity contribution is 7.20. The summed E-state index contributed by atoms with van der Waals surface area (Å²) >= 11 is 1.94. The smallest absolute Gasteiger partial charge is 0.253 e. The van der Waals surface area contributed by atoms with Crippen LogP contribution in [-0.2, 0) is 6.42 Å². The van der Waals surface area contributed by atoms with Gasteiger partial charge in [-0.25, -0.2) is 10.5 Å². The molecule has 3 aromatic carbocycles. The lowest BCUT2D eigenvalue weighted by atomic mass is 10.00. The average Bonchev–Trinajstić information content (AvgIpc) is 3.58. The van der Waals surface area contributed by atoms with Crippen LogP contribution < -0.4 is 24.1 Å². The van der Waals surface area contributed by atoms with E-state index in [1.54, 1.807) is 34.7 Å². The van der Waals surface area contributed by atoms with Crippen LogP contribution in [0.5, 0.6) is 23.0 Å². The molecule has 0 saturated carbocycles. The number of fused-ring (bicyclic) bond motifs is 3. The van der Waals surface area contributed by atoms with Crippen LogP contribution in [0.25, 0.3) is 10.1 Å². The Labute approximate surface area is 215 Å². The summed E-state index contributed by atoms with van der Waals surface area (Å²) in [6.07, 6.45) is -0.256. The van der Waals surface area contributed by atoms with Crippen molar-refractivity contribution < 1.29 is 34.7 Å². The first-order valence-corrected chi connectivity index (χ1v) is 12.4. The van der Waals surface area contributed by atoms with Gasteiger partial charge in [0.2, 0.25) is 5.75 Å². The molecule has 3 unspecified atom stereocenters.